The minimum Gasteiger partial charge on any atom is -0.395 e. The van der Waals surface area contributed by atoms with Crippen LogP contribution in [0.15, 0.2) is 0 Å². The molecule has 0 aromatic carbocycles. The van der Waals surface area contributed by atoms with Crippen molar-refractivity contribution in [3.8, 4) is 0 Å². The Morgan fingerprint density at radius 3 is 2.92 bits per heavy atom. The highest BCUT2D eigenvalue weighted by Gasteiger charge is 2.37. The van der Waals surface area contributed by atoms with Gasteiger partial charge in [-0.25, -0.2) is 4.52 Å². The smallest absolute Gasteiger partial charge is 0.157 e. The van der Waals surface area contributed by atoms with E-state index in [-0.39, 0.29) is 6.61 Å². The van der Waals surface area contributed by atoms with Crippen LogP contribution in [0.4, 0.5) is 0 Å². The lowest BCUT2D eigenvalue weighted by atomic mass is 10.4. The quantitative estimate of drug-likeness (QED) is 0.673. The second-order valence-electron chi connectivity index (χ2n) is 3.54. The maximum Gasteiger partial charge on any atom is 0.157 e. The Bertz CT molecular complexity index is 143. The van der Waals surface area contributed by atoms with Gasteiger partial charge in [-0.15, -0.1) is 0 Å². The summed E-state index contributed by atoms with van der Waals surface area (Å²) in [4.78, 5) is 2.31. The van der Waals surface area contributed by atoms with Crippen molar-refractivity contribution in [2.24, 2.45) is 0 Å². The maximum atomic E-state index is 8.79. The molecule has 3 nitrogen and oxygen atoms in total. The van der Waals surface area contributed by atoms with E-state index in [1.807, 2.05) is 7.11 Å². The molecule has 0 spiro atoms. The molecule has 1 aliphatic rings. The largest absolute Gasteiger partial charge is 0.395 e. The van der Waals surface area contributed by atoms with Gasteiger partial charge in [-0.1, -0.05) is 0 Å². The molecule has 4 heteroatoms. The Labute approximate surface area is 75.1 Å². The highest BCUT2D eigenvalue weighted by molar-refractivity contribution is 7.70. The van der Waals surface area contributed by atoms with Gasteiger partial charge in [0, 0.05) is 13.1 Å². The molecule has 1 heterocycles. The fourth-order valence-corrected chi connectivity index (χ4v) is 4.05. The summed E-state index contributed by atoms with van der Waals surface area (Å²) in [6.07, 6.45) is 3.52. The number of aliphatic hydroxyl groups excluding tert-OH is 1. The van der Waals surface area contributed by atoms with Crippen molar-refractivity contribution in [3.63, 3.8) is 0 Å². The summed E-state index contributed by atoms with van der Waals surface area (Å²) in [7, 11) is 0.700. The van der Waals surface area contributed by atoms with Gasteiger partial charge in [0.1, 0.15) is 6.29 Å². The van der Waals surface area contributed by atoms with Gasteiger partial charge in [0.05, 0.1) is 26.5 Å². The zero-order valence-electron chi connectivity index (χ0n) is 7.99. The molecule has 0 saturated carbocycles. The molecule has 0 aromatic heterocycles. The van der Waals surface area contributed by atoms with Crippen LogP contribution in [0.25, 0.3) is 0 Å². The van der Waals surface area contributed by atoms with Gasteiger partial charge in [0.2, 0.25) is 0 Å². The van der Waals surface area contributed by atoms with Gasteiger partial charge < -0.3 is 5.11 Å². The summed E-state index contributed by atoms with van der Waals surface area (Å²) in [6, 6.07) is 0. The molecule has 1 aliphatic heterocycles. The number of nitrogens with zero attached hydrogens (tertiary/aromatic N) is 1. The van der Waals surface area contributed by atoms with E-state index in [1.54, 1.807) is 0 Å². The zero-order valence-corrected chi connectivity index (χ0v) is 8.89. The summed E-state index contributed by atoms with van der Waals surface area (Å²) in [5.74, 6) is 0. The molecular formula is C8H19NO2P+. The van der Waals surface area contributed by atoms with Crippen molar-refractivity contribution in [2.45, 2.75) is 6.42 Å². The first-order valence-electron chi connectivity index (χ1n) is 4.44. The molecular weight excluding hydrogens is 173 g/mol. The molecule has 1 saturated heterocycles. The summed E-state index contributed by atoms with van der Waals surface area (Å²) in [5, 5.41) is 8.79. The molecule has 0 aromatic rings. The number of β-amino-alcohol motifs (C(OH)–C–C–N with tert-alkyl or cyclic N) is 1. The van der Waals surface area contributed by atoms with Crippen molar-refractivity contribution in [3.05, 3.63) is 0 Å². The maximum absolute atomic E-state index is 8.79. The average molecular weight is 192 g/mol. The minimum atomic E-state index is -1.12. The van der Waals surface area contributed by atoms with E-state index < -0.39 is 7.49 Å². The van der Waals surface area contributed by atoms with Crippen LogP contribution >= 0.6 is 7.49 Å². The van der Waals surface area contributed by atoms with Gasteiger partial charge in [-0.3, -0.25) is 4.90 Å². The van der Waals surface area contributed by atoms with Crippen LogP contribution in [0, 0.1) is 0 Å². The predicted octanol–water partition coefficient (Wildman–Crippen LogP) is 0.851. The second kappa shape index (κ2) is 4.52. The average Bonchev–Trinajstić information content (AvgIpc) is 2.05. The first-order valence-corrected chi connectivity index (χ1v) is 6.96. The van der Waals surface area contributed by atoms with Gasteiger partial charge in [-0.2, -0.15) is 0 Å². The molecule has 0 radical (unpaired) electrons. The van der Waals surface area contributed by atoms with Crippen LogP contribution in [0.5, 0.6) is 0 Å². The summed E-state index contributed by atoms with van der Waals surface area (Å²) < 4.78 is 5.54. The Balaban J connectivity index is 2.39. The fourth-order valence-electron chi connectivity index (χ4n) is 1.67. The first-order chi connectivity index (χ1) is 5.70. The summed E-state index contributed by atoms with van der Waals surface area (Å²) in [5.41, 5.74) is 0. The van der Waals surface area contributed by atoms with Crippen LogP contribution < -0.4 is 0 Å². The molecule has 1 atom stereocenters. The van der Waals surface area contributed by atoms with Crippen LogP contribution in [0.1, 0.15) is 6.42 Å². The van der Waals surface area contributed by atoms with E-state index in [0.717, 1.165) is 19.4 Å². The zero-order chi connectivity index (χ0) is 9.03. The number of hydrogen-bond donors (Lipinski definition) is 1. The minimum absolute atomic E-state index is 0.268. The Morgan fingerprint density at radius 1 is 1.58 bits per heavy atom. The van der Waals surface area contributed by atoms with E-state index in [4.69, 9.17) is 9.63 Å². The van der Waals surface area contributed by atoms with Crippen molar-refractivity contribution in [2.75, 3.05) is 45.9 Å². The van der Waals surface area contributed by atoms with Crippen LogP contribution in [-0.2, 0) is 4.52 Å². The predicted molar refractivity (Wildman–Crippen MR) is 52.9 cm³/mol. The fraction of sp³-hybridized carbons (Fsp3) is 1.00. The van der Waals surface area contributed by atoms with E-state index in [0.29, 0.717) is 0 Å². The van der Waals surface area contributed by atoms with E-state index in [1.165, 1.54) is 12.6 Å². The molecule has 72 valence electrons. The molecule has 12 heavy (non-hydrogen) atoms. The SMILES string of the molecule is CO[P+]1(C)CCCN(CCO)C1. The third kappa shape index (κ3) is 2.67. The lowest BCUT2D eigenvalue weighted by Gasteiger charge is -2.32. The van der Waals surface area contributed by atoms with Crippen molar-refractivity contribution < 1.29 is 9.63 Å². The third-order valence-electron chi connectivity index (χ3n) is 2.46. The van der Waals surface area contributed by atoms with Gasteiger partial charge in [-0.05, 0) is 6.42 Å². The van der Waals surface area contributed by atoms with Gasteiger partial charge >= 0.3 is 0 Å². The van der Waals surface area contributed by atoms with Crippen LogP contribution in [0.3, 0.4) is 0 Å². The number of aliphatic hydroxyl groups is 1. The van der Waals surface area contributed by atoms with E-state index >= 15 is 0 Å². The lowest BCUT2D eigenvalue weighted by Crippen LogP contribution is -2.35. The highest BCUT2D eigenvalue weighted by Crippen LogP contribution is 2.58. The van der Waals surface area contributed by atoms with Crippen LogP contribution in [-0.4, -0.2) is 55.9 Å². The third-order valence-corrected chi connectivity index (χ3v) is 5.60. The normalized spacial score (nSPS) is 32.2. The standard InChI is InChI=1S/C8H19NO2P/c1-11-12(2)7-3-4-9(8-12)5-6-10/h10H,3-8H2,1-2H3/q+1. The van der Waals surface area contributed by atoms with Crippen molar-refractivity contribution >= 4 is 7.49 Å². The van der Waals surface area contributed by atoms with Crippen LogP contribution in [0.2, 0.25) is 0 Å². The van der Waals surface area contributed by atoms with Gasteiger partial charge in [0.15, 0.2) is 7.49 Å². The highest BCUT2D eigenvalue weighted by atomic mass is 31.2. The van der Waals surface area contributed by atoms with Gasteiger partial charge in [0.25, 0.3) is 0 Å². The molecule has 1 unspecified atom stereocenters. The Hall–Kier alpha value is 0.310. The summed E-state index contributed by atoms with van der Waals surface area (Å²) >= 11 is 0. The molecule has 0 amide bonds. The second-order valence-corrected chi connectivity index (χ2v) is 7.23. The number of hydrogen-bond acceptors (Lipinski definition) is 3. The molecule has 1 N–H and O–H groups in total. The topological polar surface area (TPSA) is 32.7 Å². The molecule has 0 aliphatic carbocycles. The molecule has 0 bridgehead atoms. The number of rotatable bonds is 3. The molecule has 1 fully saturated rings. The summed E-state index contributed by atoms with van der Waals surface area (Å²) in [6.45, 7) is 4.44. The van der Waals surface area contributed by atoms with E-state index in [2.05, 4.69) is 11.6 Å². The van der Waals surface area contributed by atoms with Crippen molar-refractivity contribution in [1.29, 1.82) is 0 Å². The van der Waals surface area contributed by atoms with E-state index in [9.17, 15) is 0 Å². The Morgan fingerprint density at radius 2 is 2.33 bits per heavy atom. The molecule has 1 rings (SSSR count). The lowest BCUT2D eigenvalue weighted by molar-refractivity contribution is 0.205. The van der Waals surface area contributed by atoms with Crippen molar-refractivity contribution in [1.82, 2.24) is 4.90 Å². The first kappa shape index (κ1) is 10.4. The Kier molecular flexibility index (Phi) is 3.91. The monoisotopic (exact) mass is 192 g/mol.